The molecule has 0 aliphatic carbocycles. The molecule has 1 saturated heterocycles. The maximum atomic E-state index is 11.5. The number of fused-ring (bicyclic) bond motifs is 1. The zero-order chi connectivity index (χ0) is 17.2. The lowest BCUT2D eigenvalue weighted by Gasteiger charge is -2.26. The van der Waals surface area contributed by atoms with Gasteiger partial charge in [-0.15, -0.1) is 0 Å². The molecular weight excluding hydrogens is 318 g/mol. The number of H-pyrrole nitrogens is 1. The van der Waals surface area contributed by atoms with Gasteiger partial charge in [0.1, 0.15) is 5.69 Å². The summed E-state index contributed by atoms with van der Waals surface area (Å²) >= 11 is 0. The van der Waals surface area contributed by atoms with Crippen molar-refractivity contribution in [2.24, 2.45) is 0 Å². The fourth-order valence-electron chi connectivity index (χ4n) is 3.25. The van der Waals surface area contributed by atoms with Crippen molar-refractivity contribution in [3.63, 3.8) is 0 Å². The van der Waals surface area contributed by atoms with E-state index in [1.54, 1.807) is 12.1 Å². The van der Waals surface area contributed by atoms with Crippen LogP contribution in [0.3, 0.4) is 0 Å². The number of nitrogens with zero attached hydrogens (tertiary/aromatic N) is 2. The van der Waals surface area contributed by atoms with Crippen LogP contribution >= 0.6 is 0 Å². The second-order valence-electron chi connectivity index (χ2n) is 6.19. The Hall–Kier alpha value is -2.70. The normalized spacial score (nSPS) is 15.5. The molecule has 2 N–H and O–H groups in total. The second-order valence-corrected chi connectivity index (χ2v) is 6.19. The van der Waals surface area contributed by atoms with E-state index >= 15 is 0 Å². The summed E-state index contributed by atoms with van der Waals surface area (Å²) in [6.07, 6.45) is 0. The highest BCUT2D eigenvalue weighted by atomic mass is 16.5. The maximum Gasteiger partial charge on any atom is 0.336 e. The number of nitrogens with one attached hydrogen (secondary N) is 1. The fourth-order valence-corrected chi connectivity index (χ4v) is 3.25. The number of aromatic carboxylic acids is 1. The van der Waals surface area contributed by atoms with Crippen LogP contribution in [0.1, 0.15) is 15.9 Å². The molecule has 0 atom stereocenters. The van der Waals surface area contributed by atoms with Gasteiger partial charge in [0.05, 0.1) is 24.3 Å². The van der Waals surface area contributed by atoms with E-state index in [0.717, 1.165) is 43.9 Å². The third-order valence-corrected chi connectivity index (χ3v) is 4.56. The average Bonchev–Trinajstić information content (AvgIpc) is 3.07. The molecule has 128 valence electrons. The molecule has 0 spiro atoms. The van der Waals surface area contributed by atoms with E-state index in [1.807, 2.05) is 18.2 Å². The van der Waals surface area contributed by atoms with Crippen LogP contribution in [0.4, 0.5) is 0 Å². The van der Waals surface area contributed by atoms with Gasteiger partial charge in [0, 0.05) is 30.6 Å². The Bertz CT molecular complexity index is 896. The van der Waals surface area contributed by atoms with Crippen LogP contribution in [0.5, 0.6) is 0 Å². The third-order valence-electron chi connectivity index (χ3n) is 4.56. The van der Waals surface area contributed by atoms with Gasteiger partial charge in [-0.05, 0) is 17.7 Å². The number of hydrogen-bond donors (Lipinski definition) is 2. The molecule has 6 nitrogen and oxygen atoms in total. The molecule has 1 fully saturated rings. The number of hydrogen-bond acceptors (Lipinski definition) is 4. The van der Waals surface area contributed by atoms with Gasteiger partial charge in [0.2, 0.25) is 0 Å². The Morgan fingerprint density at radius 2 is 1.92 bits per heavy atom. The maximum absolute atomic E-state index is 11.5. The van der Waals surface area contributed by atoms with Gasteiger partial charge in [0.15, 0.2) is 0 Å². The number of morpholine rings is 1. The van der Waals surface area contributed by atoms with Crippen molar-refractivity contribution >= 4 is 16.9 Å². The summed E-state index contributed by atoms with van der Waals surface area (Å²) in [5.74, 6) is -0.947. The summed E-state index contributed by atoms with van der Waals surface area (Å²) in [5, 5.41) is 17.4. The van der Waals surface area contributed by atoms with Gasteiger partial charge in [0.25, 0.3) is 0 Å². The standard InChI is InChI=1S/C19H19N3O3/c23-19(24)15-2-1-3-16-17(15)18(21-20-16)14-6-4-13(5-7-14)12-22-8-10-25-11-9-22/h1-7H,8-12H2,(H,20,21)(H,23,24). The highest BCUT2D eigenvalue weighted by Gasteiger charge is 2.16. The molecule has 0 saturated carbocycles. The highest BCUT2D eigenvalue weighted by Crippen LogP contribution is 2.29. The average molecular weight is 337 g/mol. The Balaban J connectivity index is 1.64. The zero-order valence-corrected chi connectivity index (χ0v) is 13.7. The lowest BCUT2D eigenvalue weighted by Crippen LogP contribution is -2.35. The first kappa shape index (κ1) is 15.8. The first-order valence-electron chi connectivity index (χ1n) is 8.32. The molecule has 0 bridgehead atoms. The molecule has 4 rings (SSSR count). The lowest BCUT2D eigenvalue weighted by molar-refractivity contribution is 0.0342. The summed E-state index contributed by atoms with van der Waals surface area (Å²) < 4.78 is 5.38. The van der Waals surface area contributed by atoms with Crippen LogP contribution in [0, 0.1) is 0 Å². The van der Waals surface area contributed by atoms with Gasteiger partial charge in [-0.2, -0.15) is 5.10 Å². The van der Waals surface area contributed by atoms with E-state index in [2.05, 4.69) is 27.2 Å². The zero-order valence-electron chi connectivity index (χ0n) is 13.7. The highest BCUT2D eigenvalue weighted by molar-refractivity contribution is 6.08. The van der Waals surface area contributed by atoms with E-state index in [1.165, 1.54) is 5.56 Å². The number of ether oxygens (including phenoxy) is 1. The first-order valence-corrected chi connectivity index (χ1v) is 8.32. The molecule has 25 heavy (non-hydrogen) atoms. The van der Waals surface area contributed by atoms with Crippen molar-refractivity contribution in [1.29, 1.82) is 0 Å². The summed E-state index contributed by atoms with van der Waals surface area (Å²) in [5.41, 5.74) is 3.80. The molecule has 6 heteroatoms. The summed E-state index contributed by atoms with van der Waals surface area (Å²) in [4.78, 5) is 13.9. The largest absolute Gasteiger partial charge is 0.478 e. The Morgan fingerprint density at radius 1 is 1.16 bits per heavy atom. The number of carbonyl (C=O) groups is 1. The van der Waals surface area contributed by atoms with Crippen molar-refractivity contribution in [3.05, 3.63) is 53.6 Å². The predicted molar refractivity (Wildman–Crippen MR) is 94.6 cm³/mol. The second kappa shape index (κ2) is 6.66. The third kappa shape index (κ3) is 3.14. The first-order chi connectivity index (χ1) is 12.2. The monoisotopic (exact) mass is 337 g/mol. The van der Waals surface area contributed by atoms with E-state index in [-0.39, 0.29) is 5.56 Å². The van der Waals surface area contributed by atoms with E-state index in [0.29, 0.717) is 11.1 Å². The smallest absolute Gasteiger partial charge is 0.336 e. The molecule has 2 heterocycles. The minimum Gasteiger partial charge on any atom is -0.478 e. The van der Waals surface area contributed by atoms with Crippen molar-refractivity contribution in [2.45, 2.75) is 6.54 Å². The SMILES string of the molecule is O=C(O)c1cccc2[nH]nc(-c3ccc(CN4CCOCC4)cc3)c12. The van der Waals surface area contributed by atoms with Gasteiger partial charge < -0.3 is 9.84 Å². The van der Waals surface area contributed by atoms with E-state index in [4.69, 9.17) is 4.74 Å². The molecule has 1 aliphatic rings. The summed E-state index contributed by atoms with van der Waals surface area (Å²) in [6, 6.07) is 13.3. The molecule has 1 aliphatic heterocycles. The molecule has 0 amide bonds. The van der Waals surface area contributed by atoms with Gasteiger partial charge >= 0.3 is 5.97 Å². The molecule has 1 aromatic heterocycles. The topological polar surface area (TPSA) is 78.4 Å². The number of carboxylic acid groups (broad SMARTS) is 1. The Morgan fingerprint density at radius 3 is 2.64 bits per heavy atom. The molecular formula is C19H19N3O3. The Labute approximate surface area is 145 Å². The van der Waals surface area contributed by atoms with Gasteiger partial charge in [-0.1, -0.05) is 30.3 Å². The van der Waals surface area contributed by atoms with Gasteiger partial charge in [-0.25, -0.2) is 4.79 Å². The van der Waals surface area contributed by atoms with E-state index in [9.17, 15) is 9.90 Å². The van der Waals surface area contributed by atoms with Crippen molar-refractivity contribution in [2.75, 3.05) is 26.3 Å². The van der Waals surface area contributed by atoms with Crippen LogP contribution in [-0.4, -0.2) is 52.5 Å². The number of carboxylic acids is 1. The molecule has 3 aromatic rings. The molecule has 0 unspecified atom stereocenters. The van der Waals surface area contributed by atoms with Crippen molar-refractivity contribution < 1.29 is 14.6 Å². The lowest BCUT2D eigenvalue weighted by atomic mass is 10.0. The van der Waals surface area contributed by atoms with Crippen LogP contribution in [-0.2, 0) is 11.3 Å². The molecule has 0 radical (unpaired) electrons. The number of aromatic nitrogens is 2. The van der Waals surface area contributed by atoms with Crippen LogP contribution in [0.25, 0.3) is 22.2 Å². The number of rotatable bonds is 4. The minimum absolute atomic E-state index is 0.263. The van der Waals surface area contributed by atoms with Crippen molar-refractivity contribution in [3.8, 4) is 11.3 Å². The van der Waals surface area contributed by atoms with Crippen LogP contribution in [0.2, 0.25) is 0 Å². The number of benzene rings is 2. The minimum atomic E-state index is -0.947. The summed E-state index contributed by atoms with van der Waals surface area (Å²) in [6.45, 7) is 4.37. The summed E-state index contributed by atoms with van der Waals surface area (Å²) in [7, 11) is 0. The predicted octanol–water partition coefficient (Wildman–Crippen LogP) is 2.76. The van der Waals surface area contributed by atoms with Crippen LogP contribution in [0.15, 0.2) is 42.5 Å². The van der Waals surface area contributed by atoms with E-state index < -0.39 is 5.97 Å². The van der Waals surface area contributed by atoms with Crippen LogP contribution < -0.4 is 0 Å². The van der Waals surface area contributed by atoms with Gasteiger partial charge in [-0.3, -0.25) is 10.00 Å². The molecule has 2 aromatic carbocycles. The Kier molecular flexibility index (Phi) is 4.21. The quantitative estimate of drug-likeness (QED) is 0.765. The number of aromatic amines is 1. The van der Waals surface area contributed by atoms with Crippen molar-refractivity contribution in [1.82, 2.24) is 15.1 Å². The fraction of sp³-hybridized carbons (Fsp3) is 0.263.